The van der Waals surface area contributed by atoms with Crippen LogP contribution >= 0.6 is 23.4 Å². The van der Waals surface area contributed by atoms with E-state index in [2.05, 4.69) is 11.9 Å². The maximum Gasteiger partial charge on any atom is 0.179 e. The number of likely N-dealkylation sites (N-methyl/N-ethyl adjacent to an activating group) is 1. The number of hydrogen-bond donors (Lipinski definition) is 0. The van der Waals surface area contributed by atoms with E-state index < -0.39 is 0 Å². The van der Waals surface area contributed by atoms with Gasteiger partial charge >= 0.3 is 0 Å². The molecule has 2 atom stereocenters. The minimum absolute atomic E-state index is 0.0742. The van der Waals surface area contributed by atoms with Gasteiger partial charge in [0.15, 0.2) is 5.78 Å². The summed E-state index contributed by atoms with van der Waals surface area (Å²) in [5.74, 6) is 2.51. The third kappa shape index (κ3) is 3.08. The number of Topliss-reactive ketones (excluding diaryl/α,β-unsaturated/α-hetero) is 1. The molecule has 0 radical (unpaired) electrons. The van der Waals surface area contributed by atoms with E-state index in [4.69, 9.17) is 11.6 Å². The van der Waals surface area contributed by atoms with Crippen LogP contribution in [0.15, 0.2) is 24.3 Å². The van der Waals surface area contributed by atoms with Crippen molar-refractivity contribution in [1.82, 2.24) is 4.90 Å². The Morgan fingerprint density at radius 2 is 2.11 bits per heavy atom. The minimum atomic E-state index is -0.0742. The van der Waals surface area contributed by atoms with E-state index in [0.717, 1.165) is 11.3 Å². The summed E-state index contributed by atoms with van der Waals surface area (Å²) in [6, 6.07) is 7.60. The second-order valence-electron chi connectivity index (χ2n) is 4.73. The number of rotatable bonds is 4. The van der Waals surface area contributed by atoms with Crippen LogP contribution in [-0.4, -0.2) is 41.3 Å². The first-order valence-electron chi connectivity index (χ1n) is 6.19. The fraction of sp³-hybridized carbons (Fsp3) is 0.500. The Morgan fingerprint density at radius 3 is 2.67 bits per heavy atom. The largest absolute Gasteiger partial charge is 0.293 e. The van der Waals surface area contributed by atoms with Gasteiger partial charge in [-0.15, -0.1) is 0 Å². The van der Waals surface area contributed by atoms with E-state index in [0.29, 0.717) is 11.1 Å². The summed E-state index contributed by atoms with van der Waals surface area (Å²) in [4.78, 5) is 14.6. The summed E-state index contributed by atoms with van der Waals surface area (Å²) in [7, 11) is 2.05. The average Bonchev–Trinajstić information content (AvgIpc) is 2.91. The SMILES string of the molecule is CC(C(=O)c1ccc(Cl)cc1)N(C)C1CCSC1. The number of thioether (sulfide) groups is 1. The molecular weight excluding hydrogens is 266 g/mol. The molecule has 1 aliphatic rings. The lowest BCUT2D eigenvalue weighted by atomic mass is 10.0. The standard InChI is InChI=1S/C14H18ClNOS/c1-10(16(2)13-7-8-18-9-13)14(17)11-3-5-12(15)6-4-11/h3-6,10,13H,7-9H2,1-2H3. The highest BCUT2D eigenvalue weighted by molar-refractivity contribution is 7.99. The molecule has 4 heteroatoms. The molecular formula is C14H18ClNOS. The Hall–Kier alpha value is -0.510. The third-order valence-corrected chi connectivity index (χ3v) is 5.00. The smallest absolute Gasteiger partial charge is 0.179 e. The summed E-state index contributed by atoms with van der Waals surface area (Å²) in [5, 5.41) is 0.666. The van der Waals surface area contributed by atoms with Crippen LogP contribution in [0, 0.1) is 0 Å². The normalized spacial score (nSPS) is 21.2. The van der Waals surface area contributed by atoms with Gasteiger partial charge < -0.3 is 0 Å². The molecule has 0 spiro atoms. The van der Waals surface area contributed by atoms with Gasteiger partial charge in [-0.25, -0.2) is 0 Å². The highest BCUT2D eigenvalue weighted by Crippen LogP contribution is 2.23. The Balaban J connectivity index is 2.05. The van der Waals surface area contributed by atoms with E-state index in [9.17, 15) is 4.79 Å². The fourth-order valence-corrected chi connectivity index (χ4v) is 3.61. The number of nitrogens with zero attached hydrogens (tertiary/aromatic N) is 1. The third-order valence-electron chi connectivity index (χ3n) is 3.60. The quantitative estimate of drug-likeness (QED) is 0.791. The molecule has 1 aliphatic heterocycles. The average molecular weight is 284 g/mol. The van der Waals surface area contributed by atoms with Crippen LogP contribution < -0.4 is 0 Å². The predicted octanol–water partition coefficient (Wildman–Crippen LogP) is 3.35. The second kappa shape index (κ2) is 6.09. The predicted molar refractivity (Wildman–Crippen MR) is 78.7 cm³/mol. The van der Waals surface area contributed by atoms with Crippen LogP contribution in [0.2, 0.25) is 5.02 Å². The van der Waals surface area contributed by atoms with Crippen LogP contribution in [0.25, 0.3) is 0 Å². The lowest BCUT2D eigenvalue weighted by molar-refractivity contribution is 0.0830. The minimum Gasteiger partial charge on any atom is -0.293 e. The highest BCUT2D eigenvalue weighted by Gasteiger charge is 2.27. The second-order valence-corrected chi connectivity index (χ2v) is 6.32. The lowest BCUT2D eigenvalue weighted by Crippen LogP contribution is -2.43. The van der Waals surface area contributed by atoms with Crippen molar-refractivity contribution in [3.63, 3.8) is 0 Å². The molecule has 0 amide bonds. The lowest BCUT2D eigenvalue weighted by Gasteiger charge is -2.29. The number of carbonyl (C=O) groups is 1. The van der Waals surface area contributed by atoms with E-state index in [1.807, 2.05) is 18.7 Å². The number of carbonyl (C=O) groups excluding carboxylic acids is 1. The van der Waals surface area contributed by atoms with Crippen molar-refractivity contribution in [2.45, 2.75) is 25.4 Å². The number of benzene rings is 1. The van der Waals surface area contributed by atoms with Crippen molar-refractivity contribution in [2.75, 3.05) is 18.6 Å². The first-order chi connectivity index (χ1) is 8.59. The molecule has 1 aromatic rings. The maximum atomic E-state index is 12.4. The van der Waals surface area contributed by atoms with Crippen molar-refractivity contribution >= 4 is 29.1 Å². The molecule has 98 valence electrons. The molecule has 18 heavy (non-hydrogen) atoms. The Labute approximate surface area is 118 Å². The van der Waals surface area contributed by atoms with Gasteiger partial charge in [0.25, 0.3) is 0 Å². The van der Waals surface area contributed by atoms with Crippen molar-refractivity contribution < 1.29 is 4.79 Å². The number of ketones is 1. The van der Waals surface area contributed by atoms with Crippen molar-refractivity contribution in [3.05, 3.63) is 34.9 Å². The van der Waals surface area contributed by atoms with E-state index in [-0.39, 0.29) is 11.8 Å². The molecule has 0 saturated carbocycles. The molecule has 1 aromatic carbocycles. The molecule has 1 saturated heterocycles. The topological polar surface area (TPSA) is 20.3 Å². The van der Waals surface area contributed by atoms with Gasteiger partial charge in [0, 0.05) is 22.4 Å². The zero-order chi connectivity index (χ0) is 13.1. The Kier molecular flexibility index (Phi) is 4.71. The summed E-state index contributed by atoms with van der Waals surface area (Å²) < 4.78 is 0. The van der Waals surface area contributed by atoms with Gasteiger partial charge in [0.05, 0.1) is 6.04 Å². The van der Waals surface area contributed by atoms with Crippen molar-refractivity contribution in [2.24, 2.45) is 0 Å². The van der Waals surface area contributed by atoms with E-state index >= 15 is 0 Å². The molecule has 0 aliphatic carbocycles. The van der Waals surface area contributed by atoms with Crippen LogP contribution in [0.3, 0.4) is 0 Å². The Bertz CT molecular complexity index is 414. The molecule has 2 rings (SSSR count). The van der Waals surface area contributed by atoms with Crippen molar-refractivity contribution in [1.29, 1.82) is 0 Å². The first-order valence-corrected chi connectivity index (χ1v) is 7.72. The van der Waals surface area contributed by atoms with Crippen LogP contribution in [0.5, 0.6) is 0 Å². The van der Waals surface area contributed by atoms with Gasteiger partial charge in [-0.3, -0.25) is 9.69 Å². The fourth-order valence-electron chi connectivity index (χ4n) is 2.20. The van der Waals surface area contributed by atoms with Gasteiger partial charge in [0.1, 0.15) is 0 Å². The zero-order valence-corrected chi connectivity index (χ0v) is 12.3. The first kappa shape index (κ1) is 13.9. The van der Waals surface area contributed by atoms with Crippen LogP contribution in [0.4, 0.5) is 0 Å². The summed E-state index contributed by atoms with van der Waals surface area (Å²) in [6.07, 6.45) is 1.18. The summed E-state index contributed by atoms with van der Waals surface area (Å²) in [6.45, 7) is 1.99. The van der Waals surface area contributed by atoms with Crippen LogP contribution in [0.1, 0.15) is 23.7 Å². The molecule has 2 nitrogen and oxygen atoms in total. The summed E-state index contributed by atoms with van der Waals surface area (Å²) in [5.41, 5.74) is 0.740. The Morgan fingerprint density at radius 1 is 1.44 bits per heavy atom. The van der Waals surface area contributed by atoms with Gasteiger partial charge in [-0.05, 0) is 50.4 Å². The summed E-state index contributed by atoms with van der Waals surface area (Å²) >= 11 is 7.80. The molecule has 1 heterocycles. The van der Waals surface area contributed by atoms with Gasteiger partial charge in [-0.1, -0.05) is 11.6 Å². The van der Waals surface area contributed by atoms with Crippen molar-refractivity contribution in [3.8, 4) is 0 Å². The van der Waals surface area contributed by atoms with E-state index in [1.165, 1.54) is 12.2 Å². The number of hydrogen-bond acceptors (Lipinski definition) is 3. The molecule has 0 aromatic heterocycles. The van der Waals surface area contributed by atoms with Crippen LogP contribution in [-0.2, 0) is 0 Å². The van der Waals surface area contributed by atoms with Gasteiger partial charge in [-0.2, -0.15) is 11.8 Å². The molecule has 0 bridgehead atoms. The molecule has 1 fully saturated rings. The molecule has 0 N–H and O–H groups in total. The van der Waals surface area contributed by atoms with E-state index in [1.54, 1.807) is 24.3 Å². The monoisotopic (exact) mass is 283 g/mol. The number of halogens is 1. The highest BCUT2D eigenvalue weighted by atomic mass is 35.5. The van der Waals surface area contributed by atoms with Gasteiger partial charge in [0.2, 0.25) is 0 Å². The zero-order valence-electron chi connectivity index (χ0n) is 10.7. The molecule has 2 unspecified atom stereocenters. The maximum absolute atomic E-state index is 12.4.